The SMILES string of the molecule is O=C(CCCO[N+](=O)[O-])Oc1ccccc1C(=O)OCCSSO. The van der Waals surface area contributed by atoms with Crippen LogP contribution in [0.25, 0.3) is 0 Å². The van der Waals surface area contributed by atoms with Crippen LogP contribution in [-0.4, -0.2) is 40.5 Å². The Morgan fingerprint density at radius 1 is 1.25 bits per heavy atom. The lowest BCUT2D eigenvalue weighted by atomic mass is 10.2. The molecular weight excluding hydrogens is 362 g/mol. The van der Waals surface area contributed by atoms with E-state index in [0.717, 1.165) is 10.8 Å². The van der Waals surface area contributed by atoms with E-state index in [9.17, 15) is 19.7 Å². The average Bonchev–Trinajstić information content (AvgIpc) is 2.56. The molecule has 0 bridgehead atoms. The predicted molar refractivity (Wildman–Crippen MR) is 87.2 cm³/mol. The molecule has 1 aromatic rings. The number of rotatable bonds is 11. The zero-order valence-corrected chi connectivity index (χ0v) is 14.0. The van der Waals surface area contributed by atoms with E-state index < -0.39 is 17.0 Å². The van der Waals surface area contributed by atoms with Crippen LogP contribution < -0.4 is 4.74 Å². The van der Waals surface area contributed by atoms with Crippen molar-refractivity contribution < 1.29 is 33.5 Å². The van der Waals surface area contributed by atoms with Crippen LogP contribution in [-0.2, 0) is 14.4 Å². The molecule has 0 fully saturated rings. The molecule has 0 radical (unpaired) electrons. The third-order valence-electron chi connectivity index (χ3n) is 2.51. The fourth-order valence-corrected chi connectivity index (χ4v) is 2.19. The summed E-state index contributed by atoms with van der Waals surface area (Å²) in [6, 6.07) is 6.08. The van der Waals surface area contributed by atoms with E-state index in [0.29, 0.717) is 16.8 Å². The van der Waals surface area contributed by atoms with E-state index in [1.165, 1.54) is 12.1 Å². The van der Waals surface area contributed by atoms with Crippen LogP contribution in [0.5, 0.6) is 5.75 Å². The van der Waals surface area contributed by atoms with Gasteiger partial charge in [0.25, 0.3) is 5.09 Å². The number of nitrogens with zero attached hydrogens (tertiary/aromatic N) is 1. The van der Waals surface area contributed by atoms with Gasteiger partial charge in [-0.2, -0.15) is 0 Å². The Morgan fingerprint density at radius 2 is 2.00 bits per heavy atom. The van der Waals surface area contributed by atoms with E-state index in [2.05, 4.69) is 4.84 Å². The van der Waals surface area contributed by atoms with Crippen molar-refractivity contribution in [2.75, 3.05) is 19.0 Å². The molecule has 0 aliphatic rings. The van der Waals surface area contributed by atoms with Gasteiger partial charge in [0, 0.05) is 12.2 Å². The molecular formula is C13H15NO8S2. The minimum absolute atomic E-state index is 0.0480. The van der Waals surface area contributed by atoms with Gasteiger partial charge in [-0.05, 0) is 18.6 Å². The van der Waals surface area contributed by atoms with Crippen LogP contribution in [0, 0.1) is 10.1 Å². The second-order valence-electron chi connectivity index (χ2n) is 4.16. The minimum Gasteiger partial charge on any atom is -0.461 e. The molecule has 0 saturated heterocycles. The van der Waals surface area contributed by atoms with Crippen molar-refractivity contribution in [3.05, 3.63) is 39.9 Å². The molecule has 132 valence electrons. The molecule has 0 aliphatic carbocycles. The fraction of sp³-hybridized carbons (Fsp3) is 0.385. The smallest absolute Gasteiger partial charge is 0.341 e. The van der Waals surface area contributed by atoms with Gasteiger partial charge in [-0.15, -0.1) is 10.1 Å². The number of para-hydroxylation sites is 1. The number of esters is 2. The summed E-state index contributed by atoms with van der Waals surface area (Å²) in [6.45, 7) is -0.121. The third-order valence-corrected chi connectivity index (χ3v) is 3.76. The number of carbonyl (C=O) groups excluding carboxylic acids is 2. The summed E-state index contributed by atoms with van der Waals surface area (Å²) in [6.07, 6.45) is 0.0179. The molecule has 0 aromatic heterocycles. The van der Waals surface area contributed by atoms with Gasteiger partial charge < -0.3 is 18.9 Å². The zero-order valence-electron chi connectivity index (χ0n) is 12.4. The number of ether oxygens (including phenoxy) is 2. The molecule has 0 unspecified atom stereocenters. The highest BCUT2D eigenvalue weighted by molar-refractivity contribution is 8.74. The van der Waals surface area contributed by atoms with E-state index in [-0.39, 0.29) is 37.4 Å². The molecule has 1 aromatic carbocycles. The van der Waals surface area contributed by atoms with Crippen molar-refractivity contribution in [2.45, 2.75) is 12.8 Å². The highest BCUT2D eigenvalue weighted by Gasteiger charge is 2.16. The molecule has 1 rings (SSSR count). The second-order valence-corrected chi connectivity index (χ2v) is 6.11. The van der Waals surface area contributed by atoms with Gasteiger partial charge in [-0.25, -0.2) is 4.79 Å². The van der Waals surface area contributed by atoms with Crippen LogP contribution >= 0.6 is 21.9 Å². The van der Waals surface area contributed by atoms with Gasteiger partial charge >= 0.3 is 11.9 Å². The molecule has 0 atom stereocenters. The molecule has 0 spiro atoms. The first-order chi connectivity index (χ1) is 11.5. The molecule has 0 amide bonds. The van der Waals surface area contributed by atoms with E-state index in [1.54, 1.807) is 12.1 Å². The molecule has 9 nitrogen and oxygen atoms in total. The number of hydrogen-bond donors (Lipinski definition) is 1. The first-order valence-corrected chi connectivity index (χ1v) is 8.99. The van der Waals surface area contributed by atoms with Crippen molar-refractivity contribution in [3.8, 4) is 5.75 Å². The van der Waals surface area contributed by atoms with Gasteiger partial charge in [-0.1, -0.05) is 22.9 Å². The Hall–Kier alpha value is -1.98. The summed E-state index contributed by atoms with van der Waals surface area (Å²) in [4.78, 5) is 37.7. The summed E-state index contributed by atoms with van der Waals surface area (Å²) < 4.78 is 18.6. The lowest BCUT2D eigenvalue weighted by Crippen LogP contribution is -2.14. The van der Waals surface area contributed by atoms with Gasteiger partial charge in [0.15, 0.2) is 0 Å². The highest BCUT2D eigenvalue weighted by atomic mass is 33.1. The van der Waals surface area contributed by atoms with E-state index in [4.69, 9.17) is 14.0 Å². The zero-order chi connectivity index (χ0) is 17.8. The summed E-state index contributed by atoms with van der Waals surface area (Å²) in [5, 5.41) is 9.04. The Morgan fingerprint density at radius 3 is 2.71 bits per heavy atom. The lowest BCUT2D eigenvalue weighted by molar-refractivity contribution is -0.757. The number of benzene rings is 1. The Bertz CT molecular complexity index is 569. The van der Waals surface area contributed by atoms with Crippen molar-refractivity contribution in [1.82, 2.24) is 0 Å². The molecule has 0 aliphatic heterocycles. The minimum atomic E-state index is -0.940. The Kier molecular flexibility index (Phi) is 9.65. The molecule has 11 heteroatoms. The topological polar surface area (TPSA) is 125 Å². The first kappa shape index (κ1) is 20.1. The maximum absolute atomic E-state index is 12.0. The Balaban J connectivity index is 2.51. The molecule has 0 heterocycles. The van der Waals surface area contributed by atoms with Gasteiger partial charge in [0.2, 0.25) is 0 Å². The van der Waals surface area contributed by atoms with Crippen LogP contribution in [0.1, 0.15) is 23.2 Å². The monoisotopic (exact) mass is 377 g/mol. The summed E-state index contributed by atoms with van der Waals surface area (Å²) >= 11 is 0.576. The van der Waals surface area contributed by atoms with Gasteiger partial charge in [-0.3, -0.25) is 4.79 Å². The third kappa shape index (κ3) is 8.04. The number of carbonyl (C=O) groups is 2. The highest BCUT2D eigenvalue weighted by Crippen LogP contribution is 2.20. The van der Waals surface area contributed by atoms with E-state index in [1.807, 2.05) is 0 Å². The van der Waals surface area contributed by atoms with Crippen molar-refractivity contribution in [1.29, 1.82) is 0 Å². The quantitative estimate of drug-likeness (QED) is 0.117. The van der Waals surface area contributed by atoms with Crippen molar-refractivity contribution in [2.24, 2.45) is 0 Å². The van der Waals surface area contributed by atoms with Crippen molar-refractivity contribution >= 4 is 33.8 Å². The van der Waals surface area contributed by atoms with Crippen LogP contribution in [0.3, 0.4) is 0 Å². The van der Waals surface area contributed by atoms with Gasteiger partial charge in [0.1, 0.15) is 17.9 Å². The lowest BCUT2D eigenvalue weighted by Gasteiger charge is -2.09. The molecule has 0 saturated carbocycles. The number of hydrogen-bond acceptors (Lipinski definition) is 10. The Labute approximate surface area is 145 Å². The normalized spacial score (nSPS) is 10.0. The largest absolute Gasteiger partial charge is 0.461 e. The predicted octanol–water partition coefficient (Wildman–Crippen LogP) is 2.59. The van der Waals surface area contributed by atoms with Crippen LogP contribution in [0.2, 0.25) is 0 Å². The van der Waals surface area contributed by atoms with E-state index >= 15 is 0 Å². The maximum Gasteiger partial charge on any atom is 0.341 e. The van der Waals surface area contributed by atoms with Crippen LogP contribution in [0.15, 0.2) is 24.3 Å². The maximum atomic E-state index is 12.0. The second kappa shape index (κ2) is 11.5. The van der Waals surface area contributed by atoms with Gasteiger partial charge in [0.05, 0.1) is 17.7 Å². The molecule has 24 heavy (non-hydrogen) atoms. The summed E-state index contributed by atoms with van der Waals surface area (Å²) in [7, 11) is 1.12. The summed E-state index contributed by atoms with van der Waals surface area (Å²) in [5.41, 5.74) is 0.0917. The average molecular weight is 377 g/mol. The van der Waals surface area contributed by atoms with Crippen LogP contribution in [0.4, 0.5) is 0 Å². The fourth-order valence-electron chi connectivity index (χ4n) is 1.54. The standard InChI is InChI=1S/C13H15NO8S2/c15-12(6-3-7-21-14(17)18)22-11-5-2-1-4-10(11)13(16)20-8-9-23-24-19/h1-2,4-5,19H,3,6-9H2. The first-order valence-electron chi connectivity index (χ1n) is 6.71. The van der Waals surface area contributed by atoms with Crippen molar-refractivity contribution in [3.63, 3.8) is 0 Å². The molecule has 1 N–H and O–H groups in total. The summed E-state index contributed by atoms with van der Waals surface area (Å²) in [5.74, 6) is -0.842.